The Kier molecular flexibility index (Phi) is 3.89. The number of nitrogens with zero attached hydrogens (tertiary/aromatic N) is 2. The van der Waals surface area contributed by atoms with Gasteiger partial charge in [0, 0.05) is 9.69 Å². The molecule has 0 saturated carbocycles. The third kappa shape index (κ3) is 2.75. The van der Waals surface area contributed by atoms with Gasteiger partial charge in [-0.25, -0.2) is 4.99 Å². The first kappa shape index (κ1) is 16.0. The molecule has 1 amide bonds. The second-order valence-corrected chi connectivity index (χ2v) is 6.81. The summed E-state index contributed by atoms with van der Waals surface area (Å²) in [5.41, 5.74) is 1.17. The van der Waals surface area contributed by atoms with Crippen molar-refractivity contribution in [1.29, 1.82) is 0 Å². The summed E-state index contributed by atoms with van der Waals surface area (Å²) in [6.45, 7) is 0.346. The number of aromatic nitrogens is 1. The first-order chi connectivity index (χ1) is 12.0. The van der Waals surface area contributed by atoms with Crippen molar-refractivity contribution in [2.24, 2.45) is 4.99 Å². The number of hydrogen-bond donors (Lipinski definition) is 1. The quantitative estimate of drug-likeness (QED) is 0.669. The van der Waals surface area contributed by atoms with Crippen LogP contribution in [0.5, 0.6) is 5.88 Å². The van der Waals surface area contributed by atoms with Crippen LogP contribution in [0.15, 0.2) is 62.4 Å². The number of fused-ring (bicyclic) bond motifs is 1. The Labute approximate surface area is 155 Å². The van der Waals surface area contributed by atoms with E-state index in [1.54, 1.807) is 18.2 Å². The van der Waals surface area contributed by atoms with Crippen molar-refractivity contribution in [3.05, 3.63) is 79.7 Å². The molecule has 2 heterocycles. The van der Waals surface area contributed by atoms with Crippen LogP contribution in [0.1, 0.15) is 11.3 Å². The van der Waals surface area contributed by atoms with E-state index in [9.17, 15) is 9.90 Å². The Bertz CT molecular complexity index is 1180. The first-order valence-electron chi connectivity index (χ1n) is 7.44. The normalized spacial score (nSPS) is 13.0. The fraction of sp³-hybridized carbons (Fsp3) is 0.0556. The van der Waals surface area contributed by atoms with Gasteiger partial charge in [-0.1, -0.05) is 46.3 Å². The summed E-state index contributed by atoms with van der Waals surface area (Å²) in [6, 6.07) is 14.9. The lowest BCUT2D eigenvalue weighted by atomic mass is 10.1. The van der Waals surface area contributed by atoms with Gasteiger partial charge in [0.2, 0.25) is 11.6 Å². The predicted molar refractivity (Wildman–Crippen MR) is 97.2 cm³/mol. The van der Waals surface area contributed by atoms with E-state index in [2.05, 4.69) is 20.9 Å². The van der Waals surface area contributed by atoms with Crippen molar-refractivity contribution < 1.29 is 14.3 Å². The molecule has 0 atom stereocenters. The average molecular weight is 415 g/mol. The molecule has 5 nitrogen and oxygen atoms in total. The maximum atomic E-state index is 12.3. The van der Waals surface area contributed by atoms with Gasteiger partial charge in [0.1, 0.15) is 0 Å². The summed E-state index contributed by atoms with van der Waals surface area (Å²) < 4.78 is 7.82. The standard InChI is InChI=1S/C18H11BrN2O3S/c19-11-6-7-13-12(8-11)14(16(22)20-13)15-17(23)21(18(25)24-15)9-10-4-2-1-3-5-10/h1-8,23H,9H2. The van der Waals surface area contributed by atoms with Crippen molar-refractivity contribution >= 4 is 39.6 Å². The molecule has 0 radical (unpaired) electrons. The predicted octanol–water partition coefficient (Wildman–Crippen LogP) is 2.69. The Morgan fingerprint density at radius 3 is 2.72 bits per heavy atom. The van der Waals surface area contributed by atoms with Gasteiger partial charge in [-0.2, -0.15) is 0 Å². The summed E-state index contributed by atoms with van der Waals surface area (Å²) >= 11 is 8.61. The largest absolute Gasteiger partial charge is 0.492 e. The van der Waals surface area contributed by atoms with E-state index in [1.165, 1.54) is 4.57 Å². The van der Waals surface area contributed by atoms with Crippen LogP contribution in [-0.4, -0.2) is 15.6 Å². The summed E-state index contributed by atoms with van der Waals surface area (Å²) in [6.07, 6.45) is 0. The third-order valence-corrected chi connectivity index (χ3v) is 4.74. The van der Waals surface area contributed by atoms with Gasteiger partial charge in [-0.15, -0.1) is 0 Å². The summed E-state index contributed by atoms with van der Waals surface area (Å²) in [5, 5.41) is 11.8. The van der Waals surface area contributed by atoms with E-state index in [0.29, 0.717) is 17.1 Å². The highest BCUT2D eigenvalue weighted by Gasteiger charge is 2.27. The van der Waals surface area contributed by atoms with Crippen molar-refractivity contribution in [3.8, 4) is 5.88 Å². The number of oxazole rings is 1. The van der Waals surface area contributed by atoms with Crippen LogP contribution in [0.4, 0.5) is 0 Å². The van der Waals surface area contributed by atoms with E-state index >= 15 is 0 Å². The lowest BCUT2D eigenvalue weighted by Crippen LogP contribution is -2.22. The molecule has 1 aliphatic heterocycles. The maximum Gasteiger partial charge on any atom is 0.282 e. The highest BCUT2D eigenvalue weighted by atomic mass is 79.9. The van der Waals surface area contributed by atoms with E-state index in [0.717, 1.165) is 10.0 Å². The number of rotatable bonds is 3. The van der Waals surface area contributed by atoms with Crippen molar-refractivity contribution in [2.45, 2.75) is 6.54 Å². The molecular weight excluding hydrogens is 404 g/mol. The van der Waals surface area contributed by atoms with E-state index in [1.807, 2.05) is 30.3 Å². The molecule has 0 unspecified atom stereocenters. The fourth-order valence-electron chi connectivity index (χ4n) is 2.77. The number of benzene rings is 2. The fourth-order valence-corrected chi connectivity index (χ4v) is 3.37. The van der Waals surface area contributed by atoms with Crippen LogP contribution in [0, 0.1) is 4.84 Å². The van der Waals surface area contributed by atoms with Crippen molar-refractivity contribution in [1.82, 2.24) is 4.57 Å². The summed E-state index contributed by atoms with van der Waals surface area (Å²) in [4.78, 5) is 16.4. The highest BCUT2D eigenvalue weighted by molar-refractivity contribution is 9.10. The molecule has 3 aromatic rings. The van der Waals surface area contributed by atoms with Crippen molar-refractivity contribution in [3.63, 3.8) is 0 Å². The summed E-state index contributed by atoms with van der Waals surface area (Å²) in [7, 11) is 0. The Morgan fingerprint density at radius 2 is 1.96 bits per heavy atom. The topological polar surface area (TPSA) is 67.7 Å². The smallest absolute Gasteiger partial charge is 0.282 e. The van der Waals surface area contributed by atoms with Crippen molar-refractivity contribution in [2.75, 3.05) is 0 Å². The van der Waals surface area contributed by atoms with Gasteiger partial charge in [0.15, 0.2) is 0 Å². The second kappa shape index (κ2) is 6.09. The minimum atomic E-state index is -0.459. The molecule has 1 aliphatic rings. The molecule has 0 saturated heterocycles. The molecule has 0 aliphatic carbocycles. The number of carbonyl (C=O) groups excluding carboxylic acids is 1. The zero-order valence-corrected chi connectivity index (χ0v) is 15.2. The Morgan fingerprint density at radius 1 is 1.20 bits per heavy atom. The lowest BCUT2D eigenvalue weighted by molar-refractivity contribution is -0.112. The van der Waals surface area contributed by atoms with Crippen LogP contribution < -0.4 is 10.6 Å². The van der Waals surface area contributed by atoms with Crippen LogP contribution in [0.3, 0.4) is 0 Å². The molecule has 2 aromatic carbocycles. The van der Waals surface area contributed by atoms with E-state index < -0.39 is 5.91 Å². The van der Waals surface area contributed by atoms with Crippen LogP contribution in [-0.2, 0) is 11.3 Å². The Balaban J connectivity index is 1.90. The van der Waals surface area contributed by atoms with Gasteiger partial charge in [0.25, 0.3) is 10.7 Å². The maximum absolute atomic E-state index is 12.3. The SMILES string of the molecule is O=C1N=c2ccc(Br)cc2=C1c1oc(=S)n(Cc2ccccc2)c1O. The molecule has 0 fully saturated rings. The van der Waals surface area contributed by atoms with Crippen LogP contribution in [0.25, 0.3) is 5.57 Å². The van der Waals surface area contributed by atoms with Gasteiger partial charge in [0.05, 0.1) is 17.5 Å². The molecule has 124 valence electrons. The van der Waals surface area contributed by atoms with Crippen LogP contribution in [0.2, 0.25) is 0 Å². The molecule has 1 aromatic heterocycles. The van der Waals surface area contributed by atoms with Crippen LogP contribution >= 0.6 is 28.1 Å². The number of carbonyl (C=O) groups is 1. The van der Waals surface area contributed by atoms with Gasteiger partial charge < -0.3 is 9.52 Å². The third-order valence-electron chi connectivity index (χ3n) is 3.94. The second-order valence-electron chi connectivity index (χ2n) is 5.55. The van der Waals surface area contributed by atoms with Gasteiger partial charge in [-0.3, -0.25) is 9.36 Å². The minimum Gasteiger partial charge on any atom is -0.492 e. The molecule has 1 N–H and O–H groups in total. The Hall–Kier alpha value is -2.51. The van der Waals surface area contributed by atoms with E-state index in [4.69, 9.17) is 16.6 Å². The average Bonchev–Trinajstić information content (AvgIpc) is 3.05. The minimum absolute atomic E-state index is 0.0477. The molecule has 7 heteroatoms. The highest BCUT2D eigenvalue weighted by Crippen LogP contribution is 2.28. The molecule has 25 heavy (non-hydrogen) atoms. The number of hydrogen-bond acceptors (Lipinski definition) is 4. The van der Waals surface area contributed by atoms with Gasteiger partial charge >= 0.3 is 0 Å². The molecule has 0 spiro atoms. The zero-order valence-electron chi connectivity index (χ0n) is 12.8. The summed E-state index contributed by atoms with van der Waals surface area (Å²) in [5.74, 6) is -0.592. The molecule has 0 bridgehead atoms. The number of halogens is 1. The monoisotopic (exact) mass is 414 g/mol. The molecular formula is C18H11BrN2O3S. The van der Waals surface area contributed by atoms with E-state index in [-0.39, 0.29) is 22.1 Å². The first-order valence-corrected chi connectivity index (χ1v) is 8.64. The number of amides is 1. The zero-order chi connectivity index (χ0) is 17.6. The lowest BCUT2D eigenvalue weighted by Gasteiger charge is -2.03. The number of aromatic hydroxyl groups is 1. The molecule has 4 rings (SSSR count). The van der Waals surface area contributed by atoms with Gasteiger partial charge in [-0.05, 0) is 36.0 Å².